The number of ether oxygens (including phenoxy) is 12. The van der Waals surface area contributed by atoms with E-state index in [1.807, 2.05) is 60.3 Å². The van der Waals surface area contributed by atoms with Crippen molar-refractivity contribution in [2.45, 2.75) is 53.8 Å². The molecular weight excluding hydrogens is 1330 g/mol. The van der Waals surface area contributed by atoms with Crippen molar-refractivity contribution in [1.29, 1.82) is 5.41 Å². The number of benzene rings is 2. The molecule has 560 valence electrons. The van der Waals surface area contributed by atoms with Crippen LogP contribution in [0, 0.1) is 12.3 Å². The standard InChI is InChI=1S/C69H101N15O18/c1-6-72-56(46-51(3)70)66(89)76-68-74-54-12-10-13-58(91-5)63(54)81(68)18-8-9-19-82-64-55(75-69(82)77-67(90)57-47-52(4)78-84(57)7-2)48-53(65(71)88)49-59(64)102-25-11-17-79-20-22-80(23-21-79)24-27-93-29-31-95-33-35-97-37-39-99-41-43-101-45-44-100-42-40-98-38-36-96-34-32-94-30-28-92-26-16-73-60(85)50-83-61(86)14-15-62(83)87/h8-10,12-15,46-49,70,72H,6-7,11,16-45,50H2,1-5H3,(H2,71,88)(H,73,85)(H,74,76,89)(H,75,77,90)/b9-8+,56-46-,70-51?. The van der Waals surface area contributed by atoms with Crippen LogP contribution in [0.5, 0.6) is 11.5 Å². The largest absolute Gasteiger partial charge is 0.494 e. The van der Waals surface area contributed by atoms with Gasteiger partial charge in [0.15, 0.2) is 0 Å². The number of para-hydroxylation sites is 1. The van der Waals surface area contributed by atoms with Crippen molar-refractivity contribution in [2.24, 2.45) is 5.73 Å². The van der Waals surface area contributed by atoms with Crippen LogP contribution >= 0.6 is 0 Å². The van der Waals surface area contributed by atoms with Crippen LogP contribution in [-0.2, 0) is 86.2 Å². The quantitative estimate of drug-likeness (QED) is 0.0107. The first kappa shape index (κ1) is 80.7. The van der Waals surface area contributed by atoms with Gasteiger partial charge in [-0.3, -0.25) is 53.9 Å². The van der Waals surface area contributed by atoms with E-state index in [2.05, 4.69) is 36.2 Å². The van der Waals surface area contributed by atoms with Crippen LogP contribution in [-0.4, -0.2) is 289 Å². The molecule has 0 radical (unpaired) electrons. The zero-order chi connectivity index (χ0) is 72.7. The summed E-state index contributed by atoms with van der Waals surface area (Å²) in [7, 11) is 1.57. The molecule has 7 rings (SSSR count). The van der Waals surface area contributed by atoms with E-state index in [4.69, 9.17) is 78.0 Å². The minimum absolute atomic E-state index is 0.186. The Bertz CT molecular complexity index is 3550. The van der Waals surface area contributed by atoms with Gasteiger partial charge in [0.1, 0.15) is 40.5 Å². The molecule has 5 heterocycles. The molecule has 1 saturated heterocycles. The molecule has 7 N–H and O–H groups in total. The van der Waals surface area contributed by atoms with Crippen molar-refractivity contribution in [3.63, 3.8) is 0 Å². The second-order valence-corrected chi connectivity index (χ2v) is 23.2. The lowest BCUT2D eigenvalue weighted by Gasteiger charge is -2.34. The Morgan fingerprint density at radius 1 is 0.608 bits per heavy atom. The highest BCUT2D eigenvalue weighted by atomic mass is 16.6. The number of rotatable bonds is 54. The van der Waals surface area contributed by atoms with Crippen molar-refractivity contribution < 1.29 is 85.6 Å². The minimum atomic E-state index is -0.661. The number of nitrogens with two attached hydrogens (primary N) is 1. The van der Waals surface area contributed by atoms with E-state index in [1.54, 1.807) is 36.9 Å². The van der Waals surface area contributed by atoms with Crippen LogP contribution in [0.3, 0.4) is 0 Å². The van der Waals surface area contributed by atoms with Crippen molar-refractivity contribution in [3.8, 4) is 11.5 Å². The van der Waals surface area contributed by atoms with Crippen molar-refractivity contribution in [2.75, 3.05) is 215 Å². The van der Waals surface area contributed by atoms with E-state index in [-0.39, 0.29) is 61.7 Å². The summed E-state index contributed by atoms with van der Waals surface area (Å²) >= 11 is 0. The Hall–Kier alpha value is -8.58. The van der Waals surface area contributed by atoms with E-state index < -0.39 is 35.4 Å². The number of hydrogen-bond acceptors (Lipinski definition) is 25. The normalized spacial score (nSPS) is 13.7. The number of amides is 6. The summed E-state index contributed by atoms with van der Waals surface area (Å²) < 4.78 is 73.2. The molecule has 3 aromatic heterocycles. The van der Waals surface area contributed by atoms with Gasteiger partial charge in [0.2, 0.25) is 23.7 Å². The van der Waals surface area contributed by atoms with Gasteiger partial charge in [0.05, 0.1) is 163 Å². The Balaban J connectivity index is 0.713. The molecule has 6 amide bonds. The van der Waals surface area contributed by atoms with E-state index in [0.29, 0.717) is 197 Å². The Kier molecular flexibility index (Phi) is 35.9. The van der Waals surface area contributed by atoms with Gasteiger partial charge in [-0.1, -0.05) is 18.2 Å². The Morgan fingerprint density at radius 3 is 1.62 bits per heavy atom. The van der Waals surface area contributed by atoms with Crippen LogP contribution in [0.1, 0.15) is 53.7 Å². The summed E-state index contributed by atoms with van der Waals surface area (Å²) in [4.78, 5) is 90.5. The lowest BCUT2D eigenvalue weighted by atomic mass is 10.1. The maximum Gasteiger partial charge on any atom is 0.276 e. The molecule has 0 aliphatic carbocycles. The lowest BCUT2D eigenvalue weighted by Crippen LogP contribution is -2.47. The number of hydrogen-bond donors (Lipinski definition) is 6. The fourth-order valence-electron chi connectivity index (χ4n) is 10.6. The second kappa shape index (κ2) is 45.4. The number of aromatic nitrogens is 6. The summed E-state index contributed by atoms with van der Waals surface area (Å²) in [5.41, 5.74) is 9.71. The van der Waals surface area contributed by atoms with Gasteiger partial charge < -0.3 is 92.7 Å². The highest BCUT2D eigenvalue weighted by Crippen LogP contribution is 2.33. The molecule has 33 heteroatoms. The molecule has 33 nitrogen and oxygen atoms in total. The zero-order valence-electron chi connectivity index (χ0n) is 59.3. The number of primary amides is 1. The molecule has 0 bridgehead atoms. The topological polar surface area (TPSA) is 374 Å². The first-order valence-corrected chi connectivity index (χ1v) is 34.5. The SMILES string of the molecule is CCN/C(=C\C(C)=N)C(=O)Nc1nc2cccc(OC)c2n1C/C=C/Cn1c(NC(=O)c2cc(C)nn2CC)nc2cc(C(N)=O)cc(OCCCN3CCN(CCOCCOCCOCCOCCOCCOCCOCCOCCOCCOCCNC(=O)CN4C(=O)C=CC4=O)CC3)c21. The summed E-state index contributed by atoms with van der Waals surface area (Å²) in [6, 6.07) is 10.4. The third-order valence-corrected chi connectivity index (χ3v) is 15.7. The number of aryl methyl sites for hydroxylation is 2. The minimum Gasteiger partial charge on any atom is -0.494 e. The van der Waals surface area contributed by atoms with Gasteiger partial charge >= 0.3 is 0 Å². The first-order valence-electron chi connectivity index (χ1n) is 34.5. The number of piperazine rings is 1. The van der Waals surface area contributed by atoms with Crippen LogP contribution in [0.15, 0.2) is 72.5 Å². The van der Waals surface area contributed by atoms with Crippen molar-refractivity contribution >= 4 is 75.1 Å². The van der Waals surface area contributed by atoms with Gasteiger partial charge in [-0.25, -0.2) is 9.97 Å². The second-order valence-electron chi connectivity index (χ2n) is 23.2. The van der Waals surface area contributed by atoms with Gasteiger partial charge in [-0.05, 0) is 70.5 Å². The molecule has 2 aliphatic rings. The molecule has 5 aromatic rings. The number of nitrogens with one attached hydrogen (secondary N) is 5. The number of methoxy groups -OCH3 is 1. The smallest absolute Gasteiger partial charge is 0.276 e. The molecule has 0 atom stereocenters. The third-order valence-electron chi connectivity index (χ3n) is 15.7. The molecule has 0 unspecified atom stereocenters. The number of imidazole rings is 2. The number of likely N-dealkylation sites (N-methyl/N-ethyl adjacent to an activating group) is 1. The number of nitrogens with zero attached hydrogens (tertiary/aromatic N) is 9. The van der Waals surface area contributed by atoms with Crippen LogP contribution in [0.25, 0.3) is 22.1 Å². The molecule has 2 aromatic carbocycles. The van der Waals surface area contributed by atoms with E-state index >= 15 is 0 Å². The Morgan fingerprint density at radius 2 is 1.11 bits per heavy atom. The maximum absolute atomic E-state index is 14.0. The predicted molar refractivity (Wildman–Crippen MR) is 378 cm³/mol. The number of carbonyl (C=O) groups excluding carboxylic acids is 6. The van der Waals surface area contributed by atoms with E-state index in [0.717, 1.165) is 56.3 Å². The number of imide groups is 1. The van der Waals surface area contributed by atoms with Crippen LogP contribution in [0.4, 0.5) is 11.9 Å². The predicted octanol–water partition coefficient (Wildman–Crippen LogP) is 2.59. The van der Waals surface area contributed by atoms with Crippen molar-refractivity contribution in [1.82, 2.24) is 54.2 Å². The van der Waals surface area contributed by atoms with Gasteiger partial charge in [-0.2, -0.15) is 5.10 Å². The summed E-state index contributed by atoms with van der Waals surface area (Å²) in [6.45, 7) is 22.6. The monoisotopic (exact) mass is 1430 g/mol. The molecule has 2 aliphatic heterocycles. The average Bonchev–Trinajstić information content (AvgIpc) is 1.62. The zero-order valence-corrected chi connectivity index (χ0v) is 59.3. The fourth-order valence-corrected chi connectivity index (χ4v) is 10.6. The summed E-state index contributed by atoms with van der Waals surface area (Å²) in [5, 5.41) is 24.0. The van der Waals surface area contributed by atoms with Crippen molar-refractivity contribution in [3.05, 3.63) is 89.4 Å². The third kappa shape index (κ3) is 27.3. The number of allylic oxidation sites excluding steroid dienone is 3. The molecule has 102 heavy (non-hydrogen) atoms. The fraction of sp³-hybridized carbons (Fsp3) is 0.565. The highest BCUT2D eigenvalue weighted by Gasteiger charge is 2.27. The average molecular weight is 1430 g/mol. The first-order chi connectivity index (χ1) is 49.7. The van der Waals surface area contributed by atoms with E-state index in [9.17, 15) is 28.8 Å². The number of carbonyl (C=O) groups is 6. The van der Waals surface area contributed by atoms with Crippen LogP contribution in [0.2, 0.25) is 0 Å². The molecular formula is C69H101N15O18. The van der Waals surface area contributed by atoms with Gasteiger partial charge in [-0.15, -0.1) is 0 Å². The maximum atomic E-state index is 14.0. The number of fused-ring (bicyclic) bond motifs is 2. The highest BCUT2D eigenvalue weighted by molar-refractivity contribution is 6.14. The molecule has 0 spiro atoms. The van der Waals surface area contributed by atoms with E-state index in [1.165, 1.54) is 6.08 Å². The van der Waals surface area contributed by atoms with Crippen LogP contribution < -0.4 is 36.5 Å². The lowest BCUT2D eigenvalue weighted by molar-refractivity contribution is -0.141. The summed E-state index contributed by atoms with van der Waals surface area (Å²) in [6.07, 6.45) is 8.21. The molecule has 0 saturated carbocycles. The number of anilines is 2. The van der Waals surface area contributed by atoms with Gasteiger partial charge in [0.25, 0.3) is 23.6 Å². The molecule has 1 fully saturated rings. The Labute approximate surface area is 594 Å². The van der Waals surface area contributed by atoms with Gasteiger partial charge in [0, 0.05) is 95.4 Å². The summed E-state index contributed by atoms with van der Waals surface area (Å²) in [5.74, 6) is -1.60.